The molecule has 0 fully saturated rings. The highest BCUT2D eigenvalue weighted by atomic mass is 16.5. The smallest absolute Gasteiger partial charge is 0.158 e. The van der Waals surface area contributed by atoms with Gasteiger partial charge in [-0.15, -0.1) is 0 Å². The summed E-state index contributed by atoms with van der Waals surface area (Å²) in [7, 11) is 1.69. The second-order valence-electron chi connectivity index (χ2n) is 6.14. The van der Waals surface area contributed by atoms with Crippen molar-refractivity contribution in [2.75, 3.05) is 12.4 Å². The quantitative estimate of drug-likeness (QED) is 0.603. The van der Waals surface area contributed by atoms with E-state index in [1.54, 1.807) is 7.11 Å². The van der Waals surface area contributed by atoms with Crippen molar-refractivity contribution in [3.8, 4) is 5.75 Å². The highest BCUT2D eigenvalue weighted by Gasteiger charge is 2.15. The number of para-hydroxylation sites is 2. The minimum Gasteiger partial charge on any atom is -0.496 e. The topological polar surface area (TPSA) is 51.5 Å². The second-order valence-corrected chi connectivity index (χ2v) is 6.14. The number of methoxy groups -OCH3 is 1. The highest BCUT2D eigenvalue weighted by molar-refractivity contribution is 5.91. The third-order valence-corrected chi connectivity index (χ3v) is 4.39. The van der Waals surface area contributed by atoms with E-state index >= 15 is 0 Å². The molecule has 0 amide bonds. The summed E-state index contributed by atoms with van der Waals surface area (Å²) in [5.74, 6) is 1.72. The number of benzene rings is 2. The number of aryl methyl sites for hydroxylation is 1. The molecule has 0 saturated carbocycles. The molecule has 2 aromatic heterocycles. The van der Waals surface area contributed by atoms with Gasteiger partial charge in [-0.2, -0.15) is 5.10 Å². The van der Waals surface area contributed by atoms with Gasteiger partial charge in [-0.05, 0) is 32.0 Å². The van der Waals surface area contributed by atoms with Crippen LogP contribution in [0.15, 0.2) is 54.6 Å². The maximum atomic E-state index is 5.49. The van der Waals surface area contributed by atoms with E-state index in [1.165, 1.54) is 0 Å². The number of rotatable bonds is 4. The van der Waals surface area contributed by atoms with Crippen LogP contribution in [0.3, 0.4) is 0 Å². The predicted octanol–water partition coefficient (Wildman–Crippen LogP) is 4.37. The lowest BCUT2D eigenvalue weighted by Gasteiger charge is -2.19. The normalized spacial score (nSPS) is 12.4. The molecule has 126 valence electrons. The van der Waals surface area contributed by atoms with Gasteiger partial charge in [0.1, 0.15) is 11.6 Å². The zero-order chi connectivity index (χ0) is 17.4. The van der Waals surface area contributed by atoms with Gasteiger partial charge in [-0.1, -0.05) is 30.3 Å². The summed E-state index contributed by atoms with van der Waals surface area (Å²) >= 11 is 0. The van der Waals surface area contributed by atoms with E-state index < -0.39 is 0 Å². The van der Waals surface area contributed by atoms with Crippen LogP contribution in [0.1, 0.15) is 24.2 Å². The number of aromatic nitrogens is 3. The minimum absolute atomic E-state index is 0.0542. The Balaban J connectivity index is 1.82. The Bertz CT molecular complexity index is 1050. The largest absolute Gasteiger partial charge is 0.496 e. The summed E-state index contributed by atoms with van der Waals surface area (Å²) in [6, 6.07) is 18.3. The average molecular weight is 332 g/mol. The molecule has 0 aliphatic heterocycles. The maximum Gasteiger partial charge on any atom is 0.158 e. The molecule has 5 heteroatoms. The number of ether oxygens (including phenoxy) is 1. The molecular formula is C20H20N4O. The van der Waals surface area contributed by atoms with Crippen LogP contribution in [0.25, 0.3) is 16.6 Å². The number of hydrogen-bond donors (Lipinski definition) is 1. The Hall–Kier alpha value is -3.08. The molecule has 4 rings (SSSR count). The molecule has 1 N–H and O–H groups in total. The van der Waals surface area contributed by atoms with Gasteiger partial charge in [0, 0.05) is 17.0 Å². The molecule has 4 aromatic rings. The van der Waals surface area contributed by atoms with E-state index in [4.69, 9.17) is 9.72 Å². The van der Waals surface area contributed by atoms with E-state index in [9.17, 15) is 0 Å². The molecule has 1 unspecified atom stereocenters. The van der Waals surface area contributed by atoms with Crippen LogP contribution in [0.5, 0.6) is 5.75 Å². The summed E-state index contributed by atoms with van der Waals surface area (Å²) < 4.78 is 7.38. The Kier molecular flexibility index (Phi) is 3.76. The van der Waals surface area contributed by atoms with Crippen molar-refractivity contribution in [2.45, 2.75) is 19.9 Å². The van der Waals surface area contributed by atoms with Crippen LogP contribution in [0, 0.1) is 6.92 Å². The Morgan fingerprint density at radius 2 is 1.84 bits per heavy atom. The fraction of sp³-hybridized carbons (Fsp3) is 0.200. The summed E-state index contributed by atoms with van der Waals surface area (Å²) in [5, 5.41) is 9.14. The van der Waals surface area contributed by atoms with Crippen LogP contribution < -0.4 is 10.1 Å². The third-order valence-electron chi connectivity index (χ3n) is 4.39. The number of hydrogen-bond acceptors (Lipinski definition) is 4. The van der Waals surface area contributed by atoms with E-state index in [-0.39, 0.29) is 6.04 Å². The van der Waals surface area contributed by atoms with Crippen molar-refractivity contribution < 1.29 is 4.74 Å². The number of fused-ring (bicyclic) bond motifs is 3. The lowest BCUT2D eigenvalue weighted by Crippen LogP contribution is -2.10. The van der Waals surface area contributed by atoms with E-state index in [0.717, 1.165) is 39.4 Å². The van der Waals surface area contributed by atoms with Crippen LogP contribution in [0.4, 0.5) is 5.82 Å². The molecule has 5 nitrogen and oxygen atoms in total. The lowest BCUT2D eigenvalue weighted by molar-refractivity contribution is 0.408. The molecular weight excluding hydrogens is 312 g/mol. The Labute approximate surface area is 146 Å². The van der Waals surface area contributed by atoms with Gasteiger partial charge in [0.05, 0.1) is 24.4 Å². The zero-order valence-corrected chi connectivity index (χ0v) is 14.5. The Morgan fingerprint density at radius 3 is 2.68 bits per heavy atom. The molecule has 25 heavy (non-hydrogen) atoms. The SMILES string of the molecule is COc1ccccc1C(C)Nc1nc2cc(C)nn2c2ccccc12. The number of anilines is 1. The van der Waals surface area contributed by atoms with Crippen molar-refractivity contribution in [2.24, 2.45) is 0 Å². The first-order chi connectivity index (χ1) is 12.2. The van der Waals surface area contributed by atoms with Gasteiger partial charge in [-0.3, -0.25) is 0 Å². The van der Waals surface area contributed by atoms with Crippen LogP contribution in [-0.4, -0.2) is 21.7 Å². The van der Waals surface area contributed by atoms with Crippen LogP contribution >= 0.6 is 0 Å². The highest BCUT2D eigenvalue weighted by Crippen LogP contribution is 2.30. The fourth-order valence-electron chi connectivity index (χ4n) is 3.19. The molecule has 0 bridgehead atoms. The molecule has 0 spiro atoms. The fourth-order valence-corrected chi connectivity index (χ4v) is 3.19. The van der Waals surface area contributed by atoms with Gasteiger partial charge < -0.3 is 10.1 Å². The first-order valence-electron chi connectivity index (χ1n) is 8.32. The lowest BCUT2D eigenvalue weighted by atomic mass is 10.1. The molecule has 1 atom stereocenters. The predicted molar refractivity (Wildman–Crippen MR) is 100 cm³/mol. The zero-order valence-electron chi connectivity index (χ0n) is 14.5. The maximum absolute atomic E-state index is 5.49. The van der Waals surface area contributed by atoms with Gasteiger partial charge in [0.2, 0.25) is 0 Å². The third kappa shape index (κ3) is 2.67. The van der Waals surface area contributed by atoms with E-state index in [0.29, 0.717) is 0 Å². The van der Waals surface area contributed by atoms with Crippen molar-refractivity contribution >= 4 is 22.4 Å². The average Bonchev–Trinajstić information content (AvgIpc) is 3.02. The van der Waals surface area contributed by atoms with Crippen molar-refractivity contribution in [1.29, 1.82) is 0 Å². The molecule has 0 saturated heterocycles. The molecule has 0 aliphatic rings. The minimum atomic E-state index is 0.0542. The summed E-state index contributed by atoms with van der Waals surface area (Å²) in [4.78, 5) is 4.79. The summed E-state index contributed by atoms with van der Waals surface area (Å²) in [5.41, 5.74) is 3.93. The van der Waals surface area contributed by atoms with Crippen LogP contribution in [0.2, 0.25) is 0 Å². The first kappa shape index (κ1) is 15.4. The molecule has 0 radical (unpaired) electrons. The van der Waals surface area contributed by atoms with Gasteiger partial charge in [0.25, 0.3) is 0 Å². The van der Waals surface area contributed by atoms with Crippen molar-refractivity contribution in [3.63, 3.8) is 0 Å². The number of nitrogens with zero attached hydrogens (tertiary/aromatic N) is 3. The van der Waals surface area contributed by atoms with Gasteiger partial charge in [0.15, 0.2) is 5.65 Å². The Morgan fingerprint density at radius 1 is 1.08 bits per heavy atom. The summed E-state index contributed by atoms with van der Waals surface area (Å²) in [6.45, 7) is 4.09. The standard InChI is InChI=1S/C20H20N4O/c1-13-12-19-22-20(16-9-4-6-10-17(16)24(19)23-13)21-14(2)15-8-5-7-11-18(15)25-3/h4-12,14H,1-3H3,(H,21,22). The van der Waals surface area contributed by atoms with E-state index in [2.05, 4.69) is 35.5 Å². The molecule has 0 aliphatic carbocycles. The van der Waals surface area contributed by atoms with Crippen LogP contribution in [-0.2, 0) is 0 Å². The summed E-state index contributed by atoms with van der Waals surface area (Å²) in [6.07, 6.45) is 0. The first-order valence-corrected chi connectivity index (χ1v) is 8.32. The van der Waals surface area contributed by atoms with Crippen molar-refractivity contribution in [1.82, 2.24) is 14.6 Å². The monoisotopic (exact) mass is 332 g/mol. The van der Waals surface area contributed by atoms with Crippen molar-refractivity contribution in [3.05, 3.63) is 65.9 Å². The molecule has 2 aromatic carbocycles. The number of nitrogens with one attached hydrogen (secondary N) is 1. The van der Waals surface area contributed by atoms with Gasteiger partial charge >= 0.3 is 0 Å². The van der Waals surface area contributed by atoms with E-state index in [1.807, 2.05) is 47.8 Å². The second kappa shape index (κ2) is 6.09. The molecule has 2 heterocycles. The van der Waals surface area contributed by atoms with Gasteiger partial charge in [-0.25, -0.2) is 9.50 Å².